The van der Waals surface area contributed by atoms with E-state index in [-0.39, 0.29) is 0 Å². The summed E-state index contributed by atoms with van der Waals surface area (Å²) in [5, 5.41) is 0. The van der Waals surface area contributed by atoms with E-state index in [9.17, 15) is 0 Å². The van der Waals surface area contributed by atoms with E-state index in [0.29, 0.717) is 0 Å². The smallest absolute Gasteiger partial charge is 0.0368 e. The molecule has 1 heteroatoms. The number of aryl methyl sites for hydroxylation is 2. The predicted octanol–water partition coefficient (Wildman–Crippen LogP) is 4.07. The van der Waals surface area contributed by atoms with Crippen LogP contribution in [0.3, 0.4) is 0 Å². The van der Waals surface area contributed by atoms with Crippen LogP contribution in [0.4, 0.5) is 5.69 Å². The highest BCUT2D eigenvalue weighted by molar-refractivity contribution is 5.49. The molecule has 1 aliphatic rings. The molecule has 1 aliphatic heterocycles. The first-order valence-electron chi connectivity index (χ1n) is 7.30. The predicted molar refractivity (Wildman–Crippen MR) is 81.7 cm³/mol. The Morgan fingerprint density at radius 2 is 1.42 bits per heavy atom. The Kier molecular flexibility index (Phi) is 3.83. The zero-order chi connectivity index (χ0) is 12.9. The molecule has 0 atom stereocenters. The van der Waals surface area contributed by atoms with Crippen LogP contribution < -0.4 is 4.90 Å². The van der Waals surface area contributed by atoms with Crippen molar-refractivity contribution in [3.8, 4) is 0 Å². The van der Waals surface area contributed by atoms with Gasteiger partial charge in [-0.15, -0.1) is 0 Å². The molecule has 1 heterocycles. The van der Waals surface area contributed by atoms with E-state index in [1.165, 1.54) is 42.7 Å². The first kappa shape index (κ1) is 12.3. The maximum Gasteiger partial charge on any atom is 0.0368 e. The Labute approximate surface area is 115 Å². The van der Waals surface area contributed by atoms with Crippen molar-refractivity contribution in [1.82, 2.24) is 0 Å². The molecule has 1 saturated heterocycles. The van der Waals surface area contributed by atoms with Crippen LogP contribution in [0.15, 0.2) is 54.6 Å². The lowest BCUT2D eigenvalue weighted by molar-refractivity contribution is 0.940. The maximum atomic E-state index is 2.51. The van der Waals surface area contributed by atoms with Crippen molar-refractivity contribution in [1.29, 1.82) is 0 Å². The molecule has 1 nitrogen and oxygen atoms in total. The first-order valence-corrected chi connectivity index (χ1v) is 7.30. The Morgan fingerprint density at radius 3 is 2.21 bits per heavy atom. The van der Waals surface area contributed by atoms with Crippen molar-refractivity contribution in [2.24, 2.45) is 0 Å². The fraction of sp³-hybridized carbons (Fsp3) is 0.333. The lowest BCUT2D eigenvalue weighted by Crippen LogP contribution is -2.17. The molecule has 0 spiro atoms. The Morgan fingerprint density at radius 1 is 0.737 bits per heavy atom. The zero-order valence-electron chi connectivity index (χ0n) is 11.4. The summed E-state index contributed by atoms with van der Waals surface area (Å²) in [7, 11) is 0. The van der Waals surface area contributed by atoms with Crippen molar-refractivity contribution in [2.45, 2.75) is 25.7 Å². The molecule has 0 bridgehead atoms. The molecule has 0 aliphatic carbocycles. The molecule has 1 fully saturated rings. The largest absolute Gasteiger partial charge is 0.372 e. The monoisotopic (exact) mass is 251 g/mol. The summed E-state index contributed by atoms with van der Waals surface area (Å²) in [5.41, 5.74) is 4.28. The van der Waals surface area contributed by atoms with Crippen LogP contribution in [0.25, 0.3) is 0 Å². The quantitative estimate of drug-likeness (QED) is 0.791. The molecule has 19 heavy (non-hydrogen) atoms. The minimum atomic E-state index is 1.13. The van der Waals surface area contributed by atoms with Gasteiger partial charge in [-0.2, -0.15) is 0 Å². The second-order valence-corrected chi connectivity index (χ2v) is 5.35. The van der Waals surface area contributed by atoms with Gasteiger partial charge in [0, 0.05) is 18.8 Å². The van der Waals surface area contributed by atoms with Gasteiger partial charge in [-0.1, -0.05) is 42.5 Å². The molecule has 0 saturated carbocycles. The van der Waals surface area contributed by atoms with Crippen molar-refractivity contribution in [3.63, 3.8) is 0 Å². The van der Waals surface area contributed by atoms with E-state index in [1.54, 1.807) is 0 Å². The lowest BCUT2D eigenvalue weighted by Gasteiger charge is -2.18. The maximum absolute atomic E-state index is 2.51. The van der Waals surface area contributed by atoms with Gasteiger partial charge in [-0.05, 0) is 48.9 Å². The van der Waals surface area contributed by atoms with Gasteiger partial charge in [-0.3, -0.25) is 0 Å². The number of rotatable bonds is 4. The van der Waals surface area contributed by atoms with Gasteiger partial charge in [0.2, 0.25) is 0 Å². The van der Waals surface area contributed by atoms with E-state index in [2.05, 4.69) is 59.5 Å². The Hall–Kier alpha value is -1.76. The van der Waals surface area contributed by atoms with Gasteiger partial charge >= 0.3 is 0 Å². The Balaban J connectivity index is 1.66. The zero-order valence-corrected chi connectivity index (χ0v) is 11.4. The highest BCUT2D eigenvalue weighted by Crippen LogP contribution is 2.21. The van der Waals surface area contributed by atoms with Gasteiger partial charge in [-0.25, -0.2) is 0 Å². The van der Waals surface area contributed by atoms with Crippen molar-refractivity contribution in [3.05, 3.63) is 65.7 Å². The van der Waals surface area contributed by atoms with Crippen LogP contribution in [0.1, 0.15) is 24.0 Å². The average Bonchev–Trinajstić information content (AvgIpc) is 3.01. The van der Waals surface area contributed by atoms with Crippen LogP contribution in [0.5, 0.6) is 0 Å². The molecule has 3 rings (SSSR count). The summed E-state index contributed by atoms with van der Waals surface area (Å²) in [6.07, 6.45) is 4.94. The number of hydrogen-bond donors (Lipinski definition) is 0. The molecule has 0 radical (unpaired) electrons. The third-order valence-corrected chi connectivity index (χ3v) is 3.93. The Bertz CT molecular complexity index is 512. The molecule has 0 N–H and O–H groups in total. The van der Waals surface area contributed by atoms with Crippen molar-refractivity contribution >= 4 is 5.69 Å². The third kappa shape index (κ3) is 3.17. The van der Waals surface area contributed by atoms with Crippen molar-refractivity contribution in [2.75, 3.05) is 18.0 Å². The van der Waals surface area contributed by atoms with E-state index in [0.717, 1.165) is 12.8 Å². The number of anilines is 1. The van der Waals surface area contributed by atoms with Gasteiger partial charge in [0.1, 0.15) is 0 Å². The summed E-state index contributed by atoms with van der Waals surface area (Å²) in [6, 6.07) is 19.8. The van der Waals surface area contributed by atoms with Gasteiger partial charge in [0.25, 0.3) is 0 Å². The fourth-order valence-electron chi connectivity index (χ4n) is 2.82. The second-order valence-electron chi connectivity index (χ2n) is 5.35. The minimum absolute atomic E-state index is 1.13. The van der Waals surface area contributed by atoms with Crippen LogP contribution in [0, 0.1) is 0 Å². The highest BCUT2D eigenvalue weighted by Gasteiger charge is 2.12. The minimum Gasteiger partial charge on any atom is -0.372 e. The standard InChI is InChI=1S/C18H21N/c1-2-7-16(8-3-1)11-12-17-9-6-10-18(15-17)19-13-4-5-14-19/h1-3,6-10,15H,4-5,11-14H2. The normalized spacial score (nSPS) is 14.8. The third-order valence-electron chi connectivity index (χ3n) is 3.93. The van der Waals surface area contributed by atoms with Crippen molar-refractivity contribution < 1.29 is 0 Å². The summed E-state index contributed by atoms with van der Waals surface area (Å²) in [5.74, 6) is 0. The molecule has 0 unspecified atom stereocenters. The van der Waals surface area contributed by atoms with Gasteiger partial charge < -0.3 is 4.90 Å². The number of nitrogens with zero attached hydrogens (tertiary/aromatic N) is 1. The second kappa shape index (κ2) is 5.92. The van der Waals surface area contributed by atoms with E-state index in [1.807, 2.05) is 0 Å². The van der Waals surface area contributed by atoms with Crippen LogP contribution in [-0.2, 0) is 12.8 Å². The summed E-state index contributed by atoms with van der Waals surface area (Å²) >= 11 is 0. The summed E-state index contributed by atoms with van der Waals surface area (Å²) in [6.45, 7) is 2.45. The highest BCUT2D eigenvalue weighted by atomic mass is 15.1. The average molecular weight is 251 g/mol. The molecular weight excluding hydrogens is 230 g/mol. The van der Waals surface area contributed by atoms with E-state index >= 15 is 0 Å². The van der Waals surface area contributed by atoms with Crippen LogP contribution >= 0.6 is 0 Å². The SMILES string of the molecule is c1ccc(CCc2cccc(N3CCCC3)c2)cc1. The van der Waals surface area contributed by atoms with Crippen LogP contribution in [-0.4, -0.2) is 13.1 Å². The molecular formula is C18H21N. The lowest BCUT2D eigenvalue weighted by atomic mass is 10.0. The molecule has 2 aromatic carbocycles. The topological polar surface area (TPSA) is 3.24 Å². The molecule has 0 aromatic heterocycles. The van der Waals surface area contributed by atoms with Gasteiger partial charge in [0.15, 0.2) is 0 Å². The first-order chi connectivity index (χ1) is 9.42. The molecule has 0 amide bonds. The van der Waals surface area contributed by atoms with Crippen LogP contribution in [0.2, 0.25) is 0 Å². The molecule has 98 valence electrons. The molecule has 2 aromatic rings. The number of benzene rings is 2. The summed E-state index contributed by atoms with van der Waals surface area (Å²) < 4.78 is 0. The van der Waals surface area contributed by atoms with E-state index in [4.69, 9.17) is 0 Å². The number of hydrogen-bond acceptors (Lipinski definition) is 1. The fourth-order valence-corrected chi connectivity index (χ4v) is 2.82. The van der Waals surface area contributed by atoms with Gasteiger partial charge in [0.05, 0.1) is 0 Å². The summed E-state index contributed by atoms with van der Waals surface area (Å²) in [4.78, 5) is 2.51. The van der Waals surface area contributed by atoms with E-state index < -0.39 is 0 Å².